The summed E-state index contributed by atoms with van der Waals surface area (Å²) in [6.45, 7) is 2.10. The van der Waals surface area contributed by atoms with E-state index in [1.165, 1.54) is 15.9 Å². The standard InChI is InChI=1S/C5H11NS/c1-4-5(6-2)7-3/h6H,3-4H2,1-2H3. The van der Waals surface area contributed by atoms with Crippen LogP contribution in [0.3, 0.4) is 0 Å². The molecular formula is C5H11NS. The van der Waals surface area contributed by atoms with Crippen molar-refractivity contribution < 1.29 is 0 Å². The molecule has 0 rings (SSSR count). The first-order chi connectivity index (χ1) is 3.35. The minimum atomic E-state index is 1.06. The van der Waals surface area contributed by atoms with Crippen LogP contribution in [0.4, 0.5) is 0 Å². The fourth-order valence-corrected chi connectivity index (χ4v) is 0.699. The molecule has 0 atom stereocenters. The summed E-state index contributed by atoms with van der Waals surface area (Å²) in [5.74, 6) is 3.64. The first-order valence-corrected chi connectivity index (χ1v) is 3.29. The van der Waals surface area contributed by atoms with Crippen LogP contribution in [0, 0.1) is 0 Å². The Kier molecular flexibility index (Phi) is 4.04. The molecule has 0 aliphatic rings. The van der Waals surface area contributed by atoms with E-state index < -0.39 is 0 Å². The van der Waals surface area contributed by atoms with Gasteiger partial charge in [-0.15, -0.1) is 10.9 Å². The van der Waals surface area contributed by atoms with Gasteiger partial charge in [-0.25, -0.2) is 0 Å². The molecule has 7 heavy (non-hydrogen) atoms. The maximum Gasteiger partial charge on any atom is 0.0438 e. The van der Waals surface area contributed by atoms with Crippen molar-refractivity contribution in [1.82, 2.24) is 5.32 Å². The van der Waals surface area contributed by atoms with E-state index in [0.717, 1.165) is 6.42 Å². The van der Waals surface area contributed by atoms with Crippen LogP contribution in [0.5, 0.6) is 0 Å². The highest BCUT2D eigenvalue weighted by Crippen LogP contribution is 1.78. The lowest BCUT2D eigenvalue weighted by molar-refractivity contribution is 1.12. The highest BCUT2D eigenvalue weighted by Gasteiger charge is 1.79. The Bertz CT molecular complexity index is 86.3. The first kappa shape index (κ1) is 6.92. The van der Waals surface area contributed by atoms with Crippen LogP contribution in [-0.4, -0.2) is 17.9 Å². The van der Waals surface area contributed by atoms with Crippen LogP contribution in [0.25, 0.3) is 0 Å². The Morgan fingerprint density at radius 1 is 1.86 bits per heavy atom. The topological polar surface area (TPSA) is 12.0 Å². The van der Waals surface area contributed by atoms with Crippen molar-refractivity contribution >= 4 is 21.8 Å². The van der Waals surface area contributed by atoms with Crippen molar-refractivity contribution in [3.63, 3.8) is 0 Å². The molecule has 0 aromatic heterocycles. The lowest BCUT2D eigenvalue weighted by atomic mass is 10.5. The van der Waals surface area contributed by atoms with Crippen LogP contribution in [-0.2, 0) is 0 Å². The van der Waals surface area contributed by atoms with Gasteiger partial charge in [-0.3, -0.25) is 5.32 Å². The van der Waals surface area contributed by atoms with Crippen LogP contribution in [0.15, 0.2) is 0 Å². The van der Waals surface area contributed by atoms with E-state index in [9.17, 15) is 0 Å². The fraction of sp³-hybridized carbons (Fsp3) is 0.600. The third-order valence-electron chi connectivity index (χ3n) is 0.774. The fourth-order valence-electron chi connectivity index (χ4n) is 0.351. The molecule has 42 valence electrons. The highest BCUT2D eigenvalue weighted by molar-refractivity contribution is 7.95. The van der Waals surface area contributed by atoms with Crippen molar-refractivity contribution in [2.45, 2.75) is 13.3 Å². The number of nitrogens with one attached hydrogen (secondary N) is 1. The number of hydrogen-bond donors (Lipinski definition) is 1. The second-order valence-corrected chi connectivity index (χ2v) is 1.95. The molecule has 1 nitrogen and oxygen atoms in total. The summed E-state index contributed by atoms with van der Waals surface area (Å²) in [4.78, 5) is 1.24. The van der Waals surface area contributed by atoms with Crippen LogP contribution < -0.4 is 5.32 Å². The summed E-state index contributed by atoms with van der Waals surface area (Å²) in [7, 11) is 3.44. The average Bonchev–Trinajstić information content (AvgIpc) is 1.72. The van der Waals surface area contributed by atoms with Gasteiger partial charge in [0, 0.05) is 4.99 Å². The Labute approximate surface area is 48.3 Å². The van der Waals surface area contributed by atoms with E-state index in [0.29, 0.717) is 0 Å². The zero-order valence-electron chi connectivity index (χ0n) is 4.82. The maximum atomic E-state index is 3.64. The molecule has 0 unspecified atom stereocenters. The van der Waals surface area contributed by atoms with Gasteiger partial charge < -0.3 is 0 Å². The molecule has 2 heteroatoms. The van der Waals surface area contributed by atoms with E-state index in [4.69, 9.17) is 0 Å². The monoisotopic (exact) mass is 117 g/mol. The van der Waals surface area contributed by atoms with Crippen molar-refractivity contribution in [2.75, 3.05) is 7.05 Å². The molecule has 0 heterocycles. The normalized spacial score (nSPS) is 8.29. The molecule has 0 aromatic carbocycles. The van der Waals surface area contributed by atoms with Crippen molar-refractivity contribution in [3.05, 3.63) is 0 Å². The third-order valence-corrected chi connectivity index (χ3v) is 1.62. The minimum Gasteiger partial charge on any atom is -0.287 e. The second-order valence-electron chi connectivity index (χ2n) is 1.17. The lowest BCUT2D eigenvalue weighted by Crippen LogP contribution is -2.13. The largest absolute Gasteiger partial charge is 0.287 e. The molecule has 1 N–H and O–H groups in total. The molecule has 0 radical (unpaired) electrons. The van der Waals surface area contributed by atoms with Crippen molar-refractivity contribution in [3.8, 4) is 0 Å². The Morgan fingerprint density at radius 3 is 2.43 bits per heavy atom. The summed E-state index contributed by atoms with van der Waals surface area (Å²) >= 11 is 0. The summed E-state index contributed by atoms with van der Waals surface area (Å²) in [5.41, 5.74) is 0. The SMILES string of the molecule is C=S=C(CC)NC. The van der Waals surface area contributed by atoms with Gasteiger partial charge >= 0.3 is 0 Å². The van der Waals surface area contributed by atoms with Gasteiger partial charge in [0.15, 0.2) is 0 Å². The van der Waals surface area contributed by atoms with Gasteiger partial charge in [0.05, 0.1) is 0 Å². The van der Waals surface area contributed by atoms with E-state index in [1.54, 1.807) is 0 Å². The zero-order chi connectivity index (χ0) is 5.70. The van der Waals surface area contributed by atoms with Crippen LogP contribution in [0.2, 0.25) is 0 Å². The molecular weight excluding hydrogens is 106 g/mol. The number of rotatable bonds is 1. The third kappa shape index (κ3) is 2.60. The van der Waals surface area contributed by atoms with E-state index in [1.807, 2.05) is 7.05 Å². The summed E-state index contributed by atoms with van der Waals surface area (Å²) in [5, 5.41) is 3.02. The van der Waals surface area contributed by atoms with Gasteiger partial charge in [-0.2, -0.15) is 0 Å². The zero-order valence-corrected chi connectivity index (χ0v) is 5.64. The second kappa shape index (κ2) is 4.09. The van der Waals surface area contributed by atoms with Gasteiger partial charge in [0.25, 0.3) is 0 Å². The van der Waals surface area contributed by atoms with Gasteiger partial charge in [-0.05, 0) is 19.3 Å². The molecule has 0 bridgehead atoms. The summed E-state index contributed by atoms with van der Waals surface area (Å²) in [6, 6.07) is 0. The van der Waals surface area contributed by atoms with E-state index >= 15 is 0 Å². The molecule has 0 aliphatic carbocycles. The van der Waals surface area contributed by atoms with Gasteiger partial charge in [0.2, 0.25) is 0 Å². The Morgan fingerprint density at radius 2 is 2.43 bits per heavy atom. The van der Waals surface area contributed by atoms with E-state index in [-0.39, 0.29) is 0 Å². The molecule has 0 amide bonds. The molecule has 0 aliphatic heterocycles. The first-order valence-electron chi connectivity index (χ1n) is 2.30. The number of hydrogen-bond acceptors (Lipinski definition) is 0. The Balaban J connectivity index is 3.61. The van der Waals surface area contributed by atoms with Crippen molar-refractivity contribution in [1.29, 1.82) is 0 Å². The maximum absolute atomic E-state index is 3.64. The molecule has 0 saturated carbocycles. The lowest BCUT2D eigenvalue weighted by Gasteiger charge is -1.92. The molecule has 0 fully saturated rings. The minimum absolute atomic E-state index is 1.06. The predicted octanol–water partition coefficient (Wildman–Crippen LogP) is 0.911. The van der Waals surface area contributed by atoms with Gasteiger partial charge in [-0.1, -0.05) is 6.92 Å². The average molecular weight is 117 g/mol. The highest BCUT2D eigenvalue weighted by atomic mass is 32.1. The molecule has 0 saturated heterocycles. The van der Waals surface area contributed by atoms with Gasteiger partial charge in [0.1, 0.15) is 0 Å². The quantitative estimate of drug-likeness (QED) is 0.503. The van der Waals surface area contributed by atoms with Crippen molar-refractivity contribution in [2.24, 2.45) is 0 Å². The summed E-state index contributed by atoms with van der Waals surface area (Å²) < 4.78 is 0. The Hall–Kier alpha value is -0.0800. The van der Waals surface area contributed by atoms with E-state index in [2.05, 4.69) is 18.1 Å². The molecule has 0 spiro atoms. The molecule has 0 aromatic rings. The van der Waals surface area contributed by atoms with Crippen LogP contribution in [0.1, 0.15) is 13.3 Å². The van der Waals surface area contributed by atoms with Crippen LogP contribution >= 0.6 is 10.9 Å². The smallest absolute Gasteiger partial charge is 0.0438 e. The predicted molar refractivity (Wildman–Crippen MR) is 39.1 cm³/mol. The summed E-state index contributed by atoms with van der Waals surface area (Å²) in [6.07, 6.45) is 1.06.